The Morgan fingerprint density at radius 3 is 3.00 bits per heavy atom. The van der Waals surface area contributed by atoms with E-state index in [2.05, 4.69) is 64.6 Å². The highest BCUT2D eigenvalue weighted by Crippen LogP contribution is 2.33. The summed E-state index contributed by atoms with van der Waals surface area (Å²) >= 11 is 3.58. The predicted molar refractivity (Wildman–Crippen MR) is 86.5 cm³/mol. The lowest BCUT2D eigenvalue weighted by molar-refractivity contribution is 0.354. The monoisotopic (exact) mass is 331 g/mol. The van der Waals surface area contributed by atoms with Gasteiger partial charge in [-0.15, -0.1) is 0 Å². The van der Waals surface area contributed by atoms with Crippen molar-refractivity contribution < 1.29 is 4.74 Å². The van der Waals surface area contributed by atoms with Crippen molar-refractivity contribution in [2.24, 2.45) is 0 Å². The van der Waals surface area contributed by atoms with Gasteiger partial charge in [0.05, 0.1) is 6.61 Å². The Bertz CT molecular complexity index is 624. The van der Waals surface area contributed by atoms with E-state index in [9.17, 15) is 0 Å². The molecule has 0 bridgehead atoms. The van der Waals surface area contributed by atoms with Gasteiger partial charge >= 0.3 is 0 Å². The molecule has 2 nitrogen and oxygen atoms in total. The van der Waals surface area contributed by atoms with Gasteiger partial charge in [0.1, 0.15) is 5.75 Å². The lowest BCUT2D eigenvalue weighted by atomic mass is 10.1. The third-order valence-electron chi connectivity index (χ3n) is 3.64. The zero-order valence-electron chi connectivity index (χ0n) is 11.6. The summed E-state index contributed by atoms with van der Waals surface area (Å²) in [5.74, 6) is 1.06. The van der Waals surface area contributed by atoms with E-state index in [4.69, 9.17) is 4.74 Å². The fourth-order valence-electron chi connectivity index (χ4n) is 2.58. The van der Waals surface area contributed by atoms with Crippen LogP contribution in [0, 0.1) is 0 Å². The van der Waals surface area contributed by atoms with Crippen LogP contribution in [-0.2, 0) is 19.4 Å². The van der Waals surface area contributed by atoms with Crippen molar-refractivity contribution in [3.05, 3.63) is 57.6 Å². The number of nitrogens with one attached hydrogen (secondary N) is 1. The lowest BCUT2D eigenvalue weighted by Gasteiger charge is -2.12. The summed E-state index contributed by atoms with van der Waals surface area (Å²) in [5, 5.41) is 3.49. The second-order valence-corrected chi connectivity index (χ2v) is 5.97. The van der Waals surface area contributed by atoms with Crippen molar-refractivity contribution in [1.29, 1.82) is 0 Å². The van der Waals surface area contributed by atoms with Crippen LogP contribution in [0.15, 0.2) is 40.9 Å². The minimum atomic E-state index is 0.787. The van der Waals surface area contributed by atoms with Crippen molar-refractivity contribution in [3.63, 3.8) is 0 Å². The maximum Gasteiger partial charge on any atom is 0.127 e. The van der Waals surface area contributed by atoms with Crippen LogP contribution in [0.1, 0.15) is 23.6 Å². The Labute approximate surface area is 128 Å². The van der Waals surface area contributed by atoms with Crippen molar-refractivity contribution in [3.8, 4) is 5.75 Å². The average molecular weight is 332 g/mol. The minimum Gasteiger partial charge on any atom is -0.493 e. The van der Waals surface area contributed by atoms with Crippen LogP contribution < -0.4 is 10.1 Å². The first-order chi connectivity index (χ1) is 9.76. The molecule has 20 heavy (non-hydrogen) atoms. The molecular formula is C17H18BrNO. The van der Waals surface area contributed by atoms with E-state index in [1.54, 1.807) is 0 Å². The zero-order chi connectivity index (χ0) is 13.9. The second kappa shape index (κ2) is 5.88. The smallest absolute Gasteiger partial charge is 0.127 e. The first kappa shape index (κ1) is 13.5. The summed E-state index contributed by atoms with van der Waals surface area (Å²) in [7, 11) is 0. The van der Waals surface area contributed by atoms with Gasteiger partial charge in [-0.05, 0) is 41.8 Å². The van der Waals surface area contributed by atoms with Gasteiger partial charge in [0, 0.05) is 28.7 Å². The molecule has 1 aliphatic rings. The molecule has 2 aromatic carbocycles. The molecule has 0 aliphatic carbocycles. The maximum atomic E-state index is 5.76. The van der Waals surface area contributed by atoms with Crippen LogP contribution >= 0.6 is 15.9 Å². The van der Waals surface area contributed by atoms with E-state index < -0.39 is 0 Å². The van der Waals surface area contributed by atoms with Crippen LogP contribution in [0.3, 0.4) is 0 Å². The van der Waals surface area contributed by atoms with Crippen LogP contribution in [-0.4, -0.2) is 6.61 Å². The Morgan fingerprint density at radius 1 is 1.25 bits per heavy atom. The van der Waals surface area contributed by atoms with Crippen LogP contribution in [0.25, 0.3) is 0 Å². The van der Waals surface area contributed by atoms with Gasteiger partial charge in [-0.25, -0.2) is 0 Å². The lowest BCUT2D eigenvalue weighted by Crippen LogP contribution is -2.02. The van der Waals surface area contributed by atoms with Crippen molar-refractivity contribution in [1.82, 2.24) is 0 Å². The standard InChI is InChI=1S/C17H18BrNO/c1-2-12-4-3-5-16(8-12)19-11-14-10-15(18)9-13-6-7-20-17(13)14/h3-5,8-10,19H,2,6-7,11H2,1H3. The highest BCUT2D eigenvalue weighted by molar-refractivity contribution is 9.10. The van der Waals surface area contributed by atoms with E-state index >= 15 is 0 Å². The summed E-state index contributed by atoms with van der Waals surface area (Å²) in [6.45, 7) is 3.76. The number of ether oxygens (including phenoxy) is 1. The molecule has 0 unspecified atom stereocenters. The van der Waals surface area contributed by atoms with Gasteiger partial charge in [0.15, 0.2) is 0 Å². The largest absolute Gasteiger partial charge is 0.493 e. The summed E-state index contributed by atoms with van der Waals surface area (Å²) in [6.07, 6.45) is 2.07. The molecule has 2 aromatic rings. The number of aryl methyl sites for hydroxylation is 1. The Hall–Kier alpha value is -1.48. The Kier molecular flexibility index (Phi) is 3.97. The van der Waals surface area contributed by atoms with Crippen LogP contribution in [0.5, 0.6) is 5.75 Å². The highest BCUT2D eigenvalue weighted by Gasteiger charge is 2.17. The number of rotatable bonds is 4. The Morgan fingerprint density at radius 2 is 2.15 bits per heavy atom. The number of halogens is 1. The molecule has 104 valence electrons. The van der Waals surface area contributed by atoms with Gasteiger partial charge in [0.25, 0.3) is 0 Å². The normalized spacial score (nSPS) is 12.9. The topological polar surface area (TPSA) is 21.3 Å². The number of anilines is 1. The van der Waals surface area contributed by atoms with Crippen LogP contribution in [0.4, 0.5) is 5.69 Å². The van der Waals surface area contributed by atoms with E-state index in [1.807, 2.05) is 0 Å². The SMILES string of the molecule is CCc1cccc(NCc2cc(Br)cc3c2OCC3)c1. The molecule has 0 saturated carbocycles. The predicted octanol–water partition coefficient (Wildman–Crippen LogP) is 4.56. The Balaban J connectivity index is 1.78. The van der Waals surface area contributed by atoms with Gasteiger partial charge in [0.2, 0.25) is 0 Å². The van der Waals surface area contributed by atoms with E-state index in [0.717, 1.165) is 41.9 Å². The van der Waals surface area contributed by atoms with Gasteiger partial charge in [-0.1, -0.05) is 35.0 Å². The third kappa shape index (κ3) is 2.83. The fourth-order valence-corrected chi connectivity index (χ4v) is 3.13. The molecule has 0 atom stereocenters. The average Bonchev–Trinajstić information content (AvgIpc) is 2.93. The third-order valence-corrected chi connectivity index (χ3v) is 4.10. The van der Waals surface area contributed by atoms with E-state index in [0.29, 0.717) is 0 Å². The molecule has 1 aliphatic heterocycles. The molecular weight excluding hydrogens is 314 g/mol. The fraction of sp³-hybridized carbons (Fsp3) is 0.294. The molecule has 3 rings (SSSR count). The summed E-state index contributed by atoms with van der Waals surface area (Å²) in [4.78, 5) is 0. The molecule has 0 spiro atoms. The molecule has 0 saturated heterocycles. The highest BCUT2D eigenvalue weighted by atomic mass is 79.9. The molecule has 1 N–H and O–H groups in total. The summed E-state index contributed by atoms with van der Waals surface area (Å²) < 4.78 is 6.88. The van der Waals surface area contributed by atoms with Gasteiger partial charge in [-0.2, -0.15) is 0 Å². The first-order valence-corrected chi connectivity index (χ1v) is 7.82. The van der Waals surface area contributed by atoms with Crippen molar-refractivity contribution >= 4 is 21.6 Å². The number of benzene rings is 2. The molecule has 0 radical (unpaired) electrons. The maximum absolute atomic E-state index is 5.76. The summed E-state index contributed by atoms with van der Waals surface area (Å²) in [5.41, 5.74) is 5.04. The van der Waals surface area contributed by atoms with Crippen LogP contribution in [0.2, 0.25) is 0 Å². The molecule has 1 heterocycles. The van der Waals surface area contributed by atoms with E-state index in [1.165, 1.54) is 16.7 Å². The second-order valence-electron chi connectivity index (χ2n) is 5.06. The van der Waals surface area contributed by atoms with Gasteiger partial charge in [-0.3, -0.25) is 0 Å². The number of hydrogen-bond acceptors (Lipinski definition) is 2. The summed E-state index contributed by atoms with van der Waals surface area (Å²) in [6, 6.07) is 12.9. The molecule has 0 fully saturated rings. The van der Waals surface area contributed by atoms with Crippen molar-refractivity contribution in [2.45, 2.75) is 26.3 Å². The van der Waals surface area contributed by atoms with E-state index in [-0.39, 0.29) is 0 Å². The van der Waals surface area contributed by atoms with Gasteiger partial charge < -0.3 is 10.1 Å². The first-order valence-electron chi connectivity index (χ1n) is 7.03. The quantitative estimate of drug-likeness (QED) is 0.886. The number of hydrogen-bond donors (Lipinski definition) is 1. The molecule has 0 amide bonds. The molecule has 0 aromatic heterocycles. The van der Waals surface area contributed by atoms with Crippen molar-refractivity contribution in [2.75, 3.05) is 11.9 Å². The molecule has 3 heteroatoms. The zero-order valence-corrected chi connectivity index (χ0v) is 13.2. The number of fused-ring (bicyclic) bond motifs is 1. The minimum absolute atomic E-state index is 0.787.